The number of carbonyl (C=O) groups is 1. The topological polar surface area (TPSA) is 60.9 Å². The molecule has 0 saturated carbocycles. The first-order chi connectivity index (χ1) is 13.1. The molecule has 1 fully saturated rings. The lowest BCUT2D eigenvalue weighted by Crippen LogP contribution is -2.47. The molecule has 0 aromatic heterocycles. The number of benzene rings is 1. The Morgan fingerprint density at radius 2 is 1.75 bits per heavy atom. The third-order valence-electron chi connectivity index (χ3n) is 5.86. The fraction of sp³-hybridized carbons (Fsp3) is 0.667. The molecule has 0 atom stereocenters. The molecule has 28 heavy (non-hydrogen) atoms. The Labute approximate surface area is 170 Å². The number of nitrogens with zero attached hydrogens (tertiary/aromatic N) is 3. The van der Waals surface area contributed by atoms with Gasteiger partial charge in [0.25, 0.3) is 5.91 Å². The number of amides is 1. The quantitative estimate of drug-likeness (QED) is 0.695. The number of hydrogen-bond donors (Lipinski definition) is 0. The number of carbonyl (C=O) groups excluding carboxylic acids is 1. The lowest BCUT2D eigenvalue weighted by atomic mass is 10.0. The van der Waals surface area contributed by atoms with Gasteiger partial charge in [0.05, 0.1) is 4.90 Å². The molecule has 1 aliphatic rings. The zero-order valence-corrected chi connectivity index (χ0v) is 18.9. The summed E-state index contributed by atoms with van der Waals surface area (Å²) in [6.45, 7) is 12.6. The van der Waals surface area contributed by atoms with Crippen molar-refractivity contribution in [1.82, 2.24) is 14.1 Å². The van der Waals surface area contributed by atoms with Crippen molar-refractivity contribution in [2.45, 2.75) is 64.4 Å². The second-order valence-corrected chi connectivity index (χ2v) is 9.75. The molecule has 1 saturated heterocycles. The number of sulfonamides is 1. The number of hydrogen-bond acceptors (Lipinski definition) is 4. The van der Waals surface area contributed by atoms with E-state index in [2.05, 4.69) is 18.7 Å². The van der Waals surface area contributed by atoms with Crippen molar-refractivity contribution in [3.63, 3.8) is 0 Å². The highest BCUT2D eigenvalue weighted by atomic mass is 32.2. The number of aryl methyl sites for hydroxylation is 1. The Bertz CT molecular complexity index is 780. The van der Waals surface area contributed by atoms with Gasteiger partial charge >= 0.3 is 0 Å². The minimum absolute atomic E-state index is 0.112. The molecular weight excluding hydrogens is 374 g/mol. The molecule has 0 spiro atoms. The van der Waals surface area contributed by atoms with Gasteiger partial charge in [-0.3, -0.25) is 4.79 Å². The number of likely N-dealkylation sites (tertiary alicyclic amines) is 1. The molecule has 0 unspecified atom stereocenters. The third-order valence-corrected chi connectivity index (χ3v) is 8.05. The number of piperidine rings is 1. The van der Waals surface area contributed by atoms with Crippen LogP contribution < -0.4 is 0 Å². The lowest BCUT2D eigenvalue weighted by Gasteiger charge is -2.38. The average molecular weight is 410 g/mol. The summed E-state index contributed by atoms with van der Waals surface area (Å²) in [5.41, 5.74) is 1.10. The first kappa shape index (κ1) is 22.8. The van der Waals surface area contributed by atoms with Gasteiger partial charge in [-0.15, -0.1) is 0 Å². The summed E-state index contributed by atoms with van der Waals surface area (Å²) in [5.74, 6) is -0.112. The largest absolute Gasteiger partial charge is 0.339 e. The van der Waals surface area contributed by atoms with Crippen molar-refractivity contribution in [2.24, 2.45) is 0 Å². The molecule has 2 rings (SSSR count). The Kier molecular flexibility index (Phi) is 7.65. The van der Waals surface area contributed by atoms with Crippen LogP contribution in [0.15, 0.2) is 23.1 Å². The maximum Gasteiger partial charge on any atom is 0.253 e. The molecule has 0 N–H and O–H groups in total. The summed E-state index contributed by atoms with van der Waals surface area (Å²) in [7, 11) is -1.77. The maximum absolute atomic E-state index is 13.1. The van der Waals surface area contributed by atoms with E-state index in [1.165, 1.54) is 4.31 Å². The van der Waals surface area contributed by atoms with Crippen LogP contribution in [0.1, 0.15) is 56.5 Å². The van der Waals surface area contributed by atoms with Gasteiger partial charge in [-0.1, -0.05) is 19.9 Å². The van der Waals surface area contributed by atoms with Crippen molar-refractivity contribution >= 4 is 15.9 Å². The molecule has 1 aromatic carbocycles. The van der Waals surface area contributed by atoms with Crippen molar-refractivity contribution in [1.29, 1.82) is 0 Å². The van der Waals surface area contributed by atoms with Crippen LogP contribution in [0.5, 0.6) is 0 Å². The molecule has 1 aliphatic heterocycles. The molecule has 0 bridgehead atoms. The Hall–Kier alpha value is -1.44. The van der Waals surface area contributed by atoms with Crippen molar-refractivity contribution in [3.8, 4) is 0 Å². The SMILES string of the molecule is CCN(CC)S(=O)(=O)c1cc(C(=O)N(C)C2CCN(C(C)C)CC2)ccc1C. The summed E-state index contributed by atoms with van der Waals surface area (Å²) in [6.07, 6.45) is 1.88. The fourth-order valence-corrected chi connectivity index (χ4v) is 5.58. The molecule has 158 valence electrons. The number of rotatable bonds is 7. The van der Waals surface area contributed by atoms with E-state index in [4.69, 9.17) is 0 Å². The molecule has 1 aromatic rings. The second-order valence-electron chi connectivity index (χ2n) is 7.85. The average Bonchev–Trinajstić information content (AvgIpc) is 2.67. The Balaban J connectivity index is 2.23. The zero-order chi connectivity index (χ0) is 21.1. The van der Waals surface area contributed by atoms with Crippen molar-refractivity contribution in [2.75, 3.05) is 33.2 Å². The van der Waals surface area contributed by atoms with E-state index in [0.29, 0.717) is 30.3 Å². The normalized spacial score (nSPS) is 16.7. The molecule has 1 amide bonds. The zero-order valence-electron chi connectivity index (χ0n) is 18.1. The summed E-state index contributed by atoms with van der Waals surface area (Å²) in [4.78, 5) is 17.5. The molecule has 0 radical (unpaired) electrons. The van der Waals surface area contributed by atoms with E-state index in [9.17, 15) is 13.2 Å². The van der Waals surface area contributed by atoms with Gasteiger partial charge in [0.2, 0.25) is 10.0 Å². The van der Waals surface area contributed by atoms with Gasteiger partial charge in [-0.2, -0.15) is 4.31 Å². The molecule has 7 heteroatoms. The van der Waals surface area contributed by atoms with E-state index in [-0.39, 0.29) is 16.8 Å². The highest BCUT2D eigenvalue weighted by molar-refractivity contribution is 7.89. The first-order valence-electron chi connectivity index (χ1n) is 10.2. The fourth-order valence-electron chi connectivity index (χ4n) is 3.87. The monoisotopic (exact) mass is 409 g/mol. The van der Waals surface area contributed by atoms with Gasteiger partial charge < -0.3 is 9.80 Å². The van der Waals surface area contributed by atoms with Crippen LogP contribution >= 0.6 is 0 Å². The Morgan fingerprint density at radius 3 is 2.25 bits per heavy atom. The van der Waals surface area contributed by atoms with Gasteiger partial charge in [0.1, 0.15) is 0 Å². The minimum Gasteiger partial charge on any atom is -0.339 e. The summed E-state index contributed by atoms with van der Waals surface area (Å²) in [5, 5.41) is 0. The summed E-state index contributed by atoms with van der Waals surface area (Å²) in [6, 6.07) is 5.72. The van der Waals surface area contributed by atoms with E-state index >= 15 is 0 Å². The van der Waals surface area contributed by atoms with Crippen molar-refractivity contribution in [3.05, 3.63) is 29.3 Å². The molecule has 0 aliphatic carbocycles. The Morgan fingerprint density at radius 1 is 1.18 bits per heavy atom. The first-order valence-corrected chi connectivity index (χ1v) is 11.7. The van der Waals surface area contributed by atoms with Crippen LogP contribution in [-0.4, -0.2) is 73.7 Å². The van der Waals surface area contributed by atoms with E-state index in [1.807, 2.05) is 20.9 Å². The summed E-state index contributed by atoms with van der Waals surface area (Å²) >= 11 is 0. The highest BCUT2D eigenvalue weighted by Crippen LogP contribution is 2.24. The minimum atomic E-state index is -3.60. The van der Waals surface area contributed by atoms with Crippen LogP contribution in [0, 0.1) is 6.92 Å². The summed E-state index contributed by atoms with van der Waals surface area (Å²) < 4.78 is 27.3. The molecule has 6 nitrogen and oxygen atoms in total. The van der Waals surface area contributed by atoms with Gasteiger partial charge in [-0.05, 0) is 51.3 Å². The van der Waals surface area contributed by atoms with Crippen LogP contribution in [0.25, 0.3) is 0 Å². The van der Waals surface area contributed by atoms with E-state index in [1.54, 1.807) is 30.0 Å². The van der Waals surface area contributed by atoms with Gasteiger partial charge in [-0.25, -0.2) is 8.42 Å². The predicted molar refractivity (Wildman–Crippen MR) is 113 cm³/mol. The third kappa shape index (κ3) is 4.75. The van der Waals surface area contributed by atoms with Crippen LogP contribution in [0.4, 0.5) is 0 Å². The van der Waals surface area contributed by atoms with E-state index < -0.39 is 10.0 Å². The van der Waals surface area contributed by atoms with E-state index in [0.717, 1.165) is 25.9 Å². The predicted octanol–water partition coefficient (Wildman–Crippen LogP) is 2.97. The maximum atomic E-state index is 13.1. The molecular formula is C21H35N3O3S. The highest BCUT2D eigenvalue weighted by Gasteiger charge is 2.29. The lowest BCUT2D eigenvalue weighted by molar-refractivity contribution is 0.0615. The van der Waals surface area contributed by atoms with Gasteiger partial charge in [0, 0.05) is 50.9 Å². The van der Waals surface area contributed by atoms with Gasteiger partial charge in [0.15, 0.2) is 0 Å². The van der Waals surface area contributed by atoms with Crippen molar-refractivity contribution < 1.29 is 13.2 Å². The van der Waals surface area contributed by atoms with Crippen LogP contribution in [-0.2, 0) is 10.0 Å². The smallest absolute Gasteiger partial charge is 0.253 e. The standard InChI is InChI=1S/C21H35N3O3S/c1-7-24(8-2)28(26,27)20-15-18(10-9-17(20)5)21(25)22(6)19-11-13-23(14-12-19)16(3)4/h9-10,15-16,19H,7-8,11-14H2,1-6H3. The van der Waals surface area contributed by atoms with Crippen LogP contribution in [0.2, 0.25) is 0 Å². The second kappa shape index (κ2) is 9.37. The van der Waals surface area contributed by atoms with Crippen LogP contribution in [0.3, 0.4) is 0 Å². The molecule has 1 heterocycles.